The highest BCUT2D eigenvalue weighted by Gasteiger charge is 2.21. The second kappa shape index (κ2) is 7.05. The van der Waals surface area contributed by atoms with Crippen LogP contribution in [-0.4, -0.2) is 25.9 Å². The molecule has 0 saturated heterocycles. The third-order valence-corrected chi connectivity index (χ3v) is 3.82. The first-order valence-electron chi connectivity index (χ1n) is 7.64. The SMILES string of the molecule is COC(=O)NCc1ccc(NC[C@H]2Cc3ccccc3O2)cc1. The van der Waals surface area contributed by atoms with Gasteiger partial charge in [-0.3, -0.25) is 0 Å². The van der Waals surface area contributed by atoms with Crippen molar-refractivity contribution in [3.05, 3.63) is 59.7 Å². The summed E-state index contributed by atoms with van der Waals surface area (Å²) in [4.78, 5) is 11.0. The first-order valence-corrected chi connectivity index (χ1v) is 7.64. The van der Waals surface area contributed by atoms with Gasteiger partial charge in [-0.2, -0.15) is 0 Å². The number of hydrogen-bond donors (Lipinski definition) is 2. The summed E-state index contributed by atoms with van der Waals surface area (Å²) in [5, 5.41) is 6.04. The molecular weight excluding hydrogens is 292 g/mol. The Balaban J connectivity index is 1.47. The maximum atomic E-state index is 11.0. The molecule has 0 fully saturated rings. The molecule has 1 heterocycles. The first kappa shape index (κ1) is 15.2. The predicted octanol–water partition coefficient (Wildman–Crippen LogP) is 2.96. The van der Waals surface area contributed by atoms with Gasteiger partial charge in [-0.05, 0) is 29.3 Å². The highest BCUT2D eigenvalue weighted by molar-refractivity contribution is 5.66. The zero-order chi connectivity index (χ0) is 16.1. The van der Waals surface area contributed by atoms with E-state index in [-0.39, 0.29) is 6.10 Å². The Hall–Kier alpha value is -2.69. The zero-order valence-corrected chi connectivity index (χ0v) is 13.0. The van der Waals surface area contributed by atoms with Crippen molar-refractivity contribution in [3.63, 3.8) is 0 Å². The number of nitrogens with one attached hydrogen (secondary N) is 2. The molecule has 0 saturated carbocycles. The fraction of sp³-hybridized carbons (Fsp3) is 0.278. The third kappa shape index (κ3) is 3.94. The summed E-state index contributed by atoms with van der Waals surface area (Å²) in [5.74, 6) is 0.989. The predicted molar refractivity (Wildman–Crippen MR) is 88.7 cm³/mol. The average molecular weight is 312 g/mol. The van der Waals surface area contributed by atoms with Crippen molar-refractivity contribution in [2.75, 3.05) is 19.0 Å². The van der Waals surface area contributed by atoms with Crippen LogP contribution in [-0.2, 0) is 17.7 Å². The minimum Gasteiger partial charge on any atom is -0.488 e. The smallest absolute Gasteiger partial charge is 0.407 e. The van der Waals surface area contributed by atoms with Crippen LogP contribution in [0.25, 0.3) is 0 Å². The fourth-order valence-corrected chi connectivity index (χ4v) is 2.59. The molecule has 0 bridgehead atoms. The molecule has 2 aromatic carbocycles. The Labute approximate surface area is 135 Å². The van der Waals surface area contributed by atoms with E-state index in [0.717, 1.165) is 30.0 Å². The second-order valence-electron chi connectivity index (χ2n) is 5.47. The molecule has 1 aliphatic rings. The van der Waals surface area contributed by atoms with E-state index >= 15 is 0 Å². The molecule has 1 aliphatic heterocycles. The standard InChI is InChI=1S/C18H20N2O3/c1-22-18(21)20-11-13-6-8-15(9-7-13)19-12-16-10-14-4-2-3-5-17(14)23-16/h2-9,16,19H,10-12H2,1H3,(H,20,21)/t16-/m1/s1. The summed E-state index contributed by atoms with van der Waals surface area (Å²) in [5.41, 5.74) is 3.32. The van der Waals surface area contributed by atoms with Crippen molar-refractivity contribution < 1.29 is 14.3 Å². The van der Waals surface area contributed by atoms with Gasteiger partial charge < -0.3 is 20.1 Å². The monoisotopic (exact) mass is 312 g/mol. The summed E-state index contributed by atoms with van der Waals surface area (Å²) in [6.45, 7) is 1.21. The highest BCUT2D eigenvalue weighted by Crippen LogP contribution is 2.28. The van der Waals surface area contributed by atoms with E-state index in [1.54, 1.807) is 0 Å². The number of methoxy groups -OCH3 is 1. The van der Waals surface area contributed by atoms with Crippen LogP contribution in [0.5, 0.6) is 5.75 Å². The number of alkyl carbamates (subject to hydrolysis) is 1. The summed E-state index contributed by atoms with van der Waals surface area (Å²) < 4.78 is 10.4. The van der Waals surface area contributed by atoms with Gasteiger partial charge in [0.2, 0.25) is 0 Å². The van der Waals surface area contributed by atoms with E-state index in [0.29, 0.717) is 6.54 Å². The Kier molecular flexibility index (Phi) is 4.66. The Morgan fingerprint density at radius 1 is 1.22 bits per heavy atom. The lowest BCUT2D eigenvalue weighted by molar-refractivity contribution is 0.170. The molecule has 2 aromatic rings. The Morgan fingerprint density at radius 2 is 2.00 bits per heavy atom. The molecule has 0 radical (unpaired) electrons. The van der Waals surface area contributed by atoms with Crippen LogP contribution in [0.2, 0.25) is 0 Å². The molecule has 1 amide bonds. The van der Waals surface area contributed by atoms with Crippen LogP contribution in [0.15, 0.2) is 48.5 Å². The van der Waals surface area contributed by atoms with E-state index in [1.807, 2.05) is 42.5 Å². The molecule has 0 unspecified atom stereocenters. The van der Waals surface area contributed by atoms with Crippen LogP contribution in [0.4, 0.5) is 10.5 Å². The molecule has 5 heteroatoms. The number of carbonyl (C=O) groups excluding carboxylic acids is 1. The van der Waals surface area contributed by atoms with E-state index in [4.69, 9.17) is 4.74 Å². The zero-order valence-electron chi connectivity index (χ0n) is 13.0. The third-order valence-electron chi connectivity index (χ3n) is 3.82. The number of carbonyl (C=O) groups is 1. The van der Waals surface area contributed by atoms with Gasteiger partial charge in [-0.25, -0.2) is 4.79 Å². The maximum absolute atomic E-state index is 11.0. The van der Waals surface area contributed by atoms with Crippen molar-refractivity contribution in [1.82, 2.24) is 5.32 Å². The van der Waals surface area contributed by atoms with Crippen molar-refractivity contribution in [1.29, 1.82) is 0 Å². The first-order chi connectivity index (χ1) is 11.2. The highest BCUT2D eigenvalue weighted by atomic mass is 16.5. The van der Waals surface area contributed by atoms with Crippen LogP contribution < -0.4 is 15.4 Å². The van der Waals surface area contributed by atoms with E-state index in [2.05, 4.69) is 21.4 Å². The van der Waals surface area contributed by atoms with Crippen LogP contribution in [0.3, 0.4) is 0 Å². The number of ether oxygens (including phenoxy) is 2. The number of fused-ring (bicyclic) bond motifs is 1. The molecule has 5 nitrogen and oxygen atoms in total. The number of hydrogen-bond acceptors (Lipinski definition) is 4. The molecule has 2 N–H and O–H groups in total. The molecule has 1 atom stereocenters. The molecule has 120 valence electrons. The van der Waals surface area contributed by atoms with E-state index in [1.165, 1.54) is 12.7 Å². The summed E-state index contributed by atoms with van der Waals surface area (Å²) >= 11 is 0. The molecule has 23 heavy (non-hydrogen) atoms. The summed E-state index contributed by atoms with van der Waals surface area (Å²) in [6.07, 6.45) is 0.669. The van der Waals surface area contributed by atoms with Gasteiger partial charge in [0.05, 0.1) is 13.7 Å². The minimum atomic E-state index is -0.426. The molecule has 0 aliphatic carbocycles. The maximum Gasteiger partial charge on any atom is 0.407 e. The van der Waals surface area contributed by atoms with Gasteiger partial charge in [0.1, 0.15) is 11.9 Å². The summed E-state index contributed by atoms with van der Waals surface area (Å²) in [6, 6.07) is 16.1. The second-order valence-corrected chi connectivity index (χ2v) is 5.47. The van der Waals surface area contributed by atoms with E-state index in [9.17, 15) is 4.79 Å². The lowest BCUT2D eigenvalue weighted by Gasteiger charge is -2.13. The van der Waals surface area contributed by atoms with Gasteiger partial charge in [0.25, 0.3) is 0 Å². The van der Waals surface area contributed by atoms with Gasteiger partial charge in [-0.1, -0.05) is 30.3 Å². The van der Waals surface area contributed by atoms with Gasteiger partial charge in [0.15, 0.2) is 0 Å². The van der Waals surface area contributed by atoms with Gasteiger partial charge >= 0.3 is 6.09 Å². The molecule has 3 rings (SSSR count). The number of rotatable bonds is 5. The summed E-state index contributed by atoms with van der Waals surface area (Å²) in [7, 11) is 1.35. The van der Waals surface area contributed by atoms with E-state index < -0.39 is 6.09 Å². The molecule has 0 aromatic heterocycles. The average Bonchev–Trinajstić information content (AvgIpc) is 3.01. The minimum absolute atomic E-state index is 0.160. The number of amides is 1. The molecule has 0 spiro atoms. The van der Waals surface area contributed by atoms with Crippen LogP contribution in [0, 0.1) is 0 Å². The number of para-hydroxylation sites is 1. The normalized spacial score (nSPS) is 15.4. The topological polar surface area (TPSA) is 59.6 Å². The Bertz CT molecular complexity index is 645. The van der Waals surface area contributed by atoms with Crippen molar-refractivity contribution in [3.8, 4) is 5.75 Å². The van der Waals surface area contributed by atoms with Crippen molar-refractivity contribution in [2.45, 2.75) is 19.1 Å². The van der Waals surface area contributed by atoms with Crippen LogP contribution >= 0.6 is 0 Å². The lowest BCUT2D eigenvalue weighted by Crippen LogP contribution is -2.24. The van der Waals surface area contributed by atoms with Crippen LogP contribution in [0.1, 0.15) is 11.1 Å². The lowest BCUT2D eigenvalue weighted by atomic mass is 10.1. The largest absolute Gasteiger partial charge is 0.488 e. The van der Waals surface area contributed by atoms with Gasteiger partial charge in [0, 0.05) is 18.7 Å². The fourth-order valence-electron chi connectivity index (χ4n) is 2.59. The molecular formula is C18H20N2O3. The Morgan fingerprint density at radius 3 is 2.74 bits per heavy atom. The van der Waals surface area contributed by atoms with Gasteiger partial charge in [-0.15, -0.1) is 0 Å². The van der Waals surface area contributed by atoms with Crippen molar-refractivity contribution >= 4 is 11.8 Å². The quantitative estimate of drug-likeness (QED) is 0.891. The van der Waals surface area contributed by atoms with Crippen molar-refractivity contribution in [2.24, 2.45) is 0 Å². The number of anilines is 1. The number of benzene rings is 2.